The van der Waals surface area contributed by atoms with Crippen molar-refractivity contribution in [3.05, 3.63) is 35.4 Å². The molecule has 1 fully saturated rings. The fourth-order valence-electron chi connectivity index (χ4n) is 2.71. The molecule has 1 aliphatic heterocycles. The molecule has 2 N–H and O–H groups in total. The van der Waals surface area contributed by atoms with Crippen molar-refractivity contribution >= 4 is 5.91 Å². The fraction of sp³-hybridized carbons (Fsp3) is 0.467. The average Bonchev–Trinajstić information content (AvgIpc) is 2.92. The predicted octanol–water partition coefficient (Wildman–Crippen LogP) is 0.355. The zero-order chi connectivity index (χ0) is 13.7. The van der Waals surface area contributed by atoms with E-state index in [0.717, 1.165) is 13.1 Å². The third-order valence-electron chi connectivity index (χ3n) is 3.87. The fourth-order valence-corrected chi connectivity index (χ4v) is 2.71. The van der Waals surface area contributed by atoms with Crippen LogP contribution in [0.5, 0.6) is 0 Å². The number of rotatable bonds is 4. The van der Waals surface area contributed by atoms with E-state index in [2.05, 4.69) is 12.2 Å². The summed E-state index contributed by atoms with van der Waals surface area (Å²) in [5.41, 5.74) is 1.20. The number of amides is 1. The third kappa shape index (κ3) is 3.33. The largest absolute Gasteiger partial charge is 0.346 e. The standard InChI is InChI=1S/C15H19N3O/c1-2-18-9-3-4-14(18)11-17-15(19)13-7-5-12(10-16)6-8-13/h5-8,14H,2-4,9,11H2,1H3,(H,17,19)/p+1/t14-/m1/s1. The second-order valence-electron chi connectivity index (χ2n) is 5.00. The van der Waals surface area contributed by atoms with Gasteiger partial charge in [0.1, 0.15) is 6.04 Å². The summed E-state index contributed by atoms with van der Waals surface area (Å²) < 4.78 is 0. The molecule has 1 unspecified atom stereocenters. The second-order valence-corrected chi connectivity index (χ2v) is 5.00. The van der Waals surface area contributed by atoms with E-state index in [0.29, 0.717) is 17.2 Å². The number of nitrogens with one attached hydrogen (secondary N) is 2. The Bertz CT molecular complexity index is 475. The lowest BCUT2D eigenvalue weighted by molar-refractivity contribution is -0.909. The van der Waals surface area contributed by atoms with Crippen LogP contribution in [0.25, 0.3) is 0 Å². The highest BCUT2D eigenvalue weighted by Crippen LogP contribution is 2.04. The van der Waals surface area contributed by atoms with Crippen LogP contribution < -0.4 is 10.2 Å². The Morgan fingerprint density at radius 3 is 2.84 bits per heavy atom. The van der Waals surface area contributed by atoms with Gasteiger partial charge in [0.05, 0.1) is 31.3 Å². The quantitative estimate of drug-likeness (QED) is 0.819. The number of nitriles is 1. The molecule has 100 valence electrons. The molecule has 0 radical (unpaired) electrons. The summed E-state index contributed by atoms with van der Waals surface area (Å²) >= 11 is 0. The molecule has 1 aromatic rings. The SMILES string of the molecule is CC[NH+]1CCC[C@@H]1CNC(=O)c1ccc(C#N)cc1. The lowest BCUT2D eigenvalue weighted by Gasteiger charge is -2.20. The maximum absolute atomic E-state index is 12.0. The van der Waals surface area contributed by atoms with Crippen LogP contribution >= 0.6 is 0 Å². The van der Waals surface area contributed by atoms with E-state index in [1.807, 2.05) is 6.07 Å². The van der Waals surface area contributed by atoms with Gasteiger partial charge in [-0.05, 0) is 31.2 Å². The van der Waals surface area contributed by atoms with E-state index in [9.17, 15) is 4.79 Å². The van der Waals surface area contributed by atoms with Crippen LogP contribution in [-0.2, 0) is 0 Å². The van der Waals surface area contributed by atoms with Crippen molar-refractivity contribution in [1.29, 1.82) is 5.26 Å². The number of hydrogen-bond acceptors (Lipinski definition) is 2. The molecule has 0 bridgehead atoms. The molecule has 1 amide bonds. The molecular formula is C15H20N3O+. The molecule has 2 rings (SSSR count). The second kappa shape index (κ2) is 6.35. The summed E-state index contributed by atoms with van der Waals surface area (Å²) in [6.45, 7) is 5.27. The van der Waals surface area contributed by atoms with Crippen LogP contribution in [0.3, 0.4) is 0 Å². The molecule has 1 saturated heterocycles. The van der Waals surface area contributed by atoms with Gasteiger partial charge in [0.15, 0.2) is 0 Å². The van der Waals surface area contributed by atoms with E-state index in [4.69, 9.17) is 5.26 Å². The van der Waals surface area contributed by atoms with E-state index in [1.165, 1.54) is 19.4 Å². The van der Waals surface area contributed by atoms with Crippen molar-refractivity contribution in [2.45, 2.75) is 25.8 Å². The van der Waals surface area contributed by atoms with Gasteiger partial charge in [-0.15, -0.1) is 0 Å². The Morgan fingerprint density at radius 1 is 1.47 bits per heavy atom. The molecule has 19 heavy (non-hydrogen) atoms. The minimum absolute atomic E-state index is 0.0492. The first-order valence-corrected chi connectivity index (χ1v) is 6.87. The van der Waals surface area contributed by atoms with Crippen molar-refractivity contribution in [2.24, 2.45) is 0 Å². The van der Waals surface area contributed by atoms with Gasteiger partial charge in [0, 0.05) is 18.4 Å². The first-order valence-electron chi connectivity index (χ1n) is 6.87. The number of carbonyl (C=O) groups is 1. The Morgan fingerprint density at radius 2 is 2.21 bits per heavy atom. The summed E-state index contributed by atoms with van der Waals surface area (Å²) in [4.78, 5) is 13.6. The Hall–Kier alpha value is -1.86. The topological polar surface area (TPSA) is 57.3 Å². The smallest absolute Gasteiger partial charge is 0.251 e. The monoisotopic (exact) mass is 258 g/mol. The van der Waals surface area contributed by atoms with Crippen LogP contribution in [0.1, 0.15) is 35.7 Å². The van der Waals surface area contributed by atoms with Gasteiger partial charge in [-0.25, -0.2) is 0 Å². The van der Waals surface area contributed by atoms with Crippen LogP contribution in [0, 0.1) is 11.3 Å². The van der Waals surface area contributed by atoms with Crippen molar-refractivity contribution < 1.29 is 9.69 Å². The van der Waals surface area contributed by atoms with Crippen molar-refractivity contribution in [2.75, 3.05) is 19.6 Å². The maximum atomic E-state index is 12.0. The average molecular weight is 258 g/mol. The van der Waals surface area contributed by atoms with E-state index in [-0.39, 0.29) is 5.91 Å². The van der Waals surface area contributed by atoms with Crippen molar-refractivity contribution in [1.82, 2.24) is 5.32 Å². The summed E-state index contributed by atoms with van der Waals surface area (Å²) in [5, 5.41) is 11.7. The first kappa shape index (κ1) is 13.6. The van der Waals surface area contributed by atoms with Gasteiger partial charge in [-0.1, -0.05) is 0 Å². The molecule has 4 heteroatoms. The zero-order valence-corrected chi connectivity index (χ0v) is 11.3. The van der Waals surface area contributed by atoms with E-state index >= 15 is 0 Å². The summed E-state index contributed by atoms with van der Waals surface area (Å²) in [6.07, 6.45) is 2.44. The number of likely N-dealkylation sites (tertiary alicyclic amines) is 1. The molecule has 4 nitrogen and oxygen atoms in total. The first-order chi connectivity index (χ1) is 9.24. The predicted molar refractivity (Wildman–Crippen MR) is 72.9 cm³/mol. The molecule has 0 saturated carbocycles. The maximum Gasteiger partial charge on any atom is 0.251 e. The normalized spacial score (nSPS) is 21.9. The van der Waals surface area contributed by atoms with Crippen LogP contribution in [-0.4, -0.2) is 31.6 Å². The lowest BCUT2D eigenvalue weighted by atomic mass is 10.1. The lowest BCUT2D eigenvalue weighted by Crippen LogP contribution is -3.14. The van der Waals surface area contributed by atoms with E-state index < -0.39 is 0 Å². The molecule has 0 aliphatic carbocycles. The highest BCUT2D eigenvalue weighted by Gasteiger charge is 2.27. The Labute approximate surface area is 114 Å². The highest BCUT2D eigenvalue weighted by atomic mass is 16.1. The zero-order valence-electron chi connectivity index (χ0n) is 11.3. The van der Waals surface area contributed by atoms with E-state index in [1.54, 1.807) is 29.2 Å². The van der Waals surface area contributed by atoms with Gasteiger partial charge in [0.25, 0.3) is 5.91 Å². The number of quaternary nitrogens is 1. The van der Waals surface area contributed by atoms with Crippen LogP contribution in [0.4, 0.5) is 0 Å². The van der Waals surface area contributed by atoms with Gasteiger partial charge in [0.2, 0.25) is 0 Å². The van der Waals surface area contributed by atoms with Crippen LogP contribution in [0.15, 0.2) is 24.3 Å². The van der Waals surface area contributed by atoms with Gasteiger partial charge in [-0.2, -0.15) is 5.26 Å². The van der Waals surface area contributed by atoms with Gasteiger partial charge in [-0.3, -0.25) is 4.79 Å². The number of benzene rings is 1. The minimum atomic E-state index is -0.0492. The molecular weight excluding hydrogens is 238 g/mol. The molecule has 1 heterocycles. The Balaban J connectivity index is 1.88. The third-order valence-corrected chi connectivity index (χ3v) is 3.87. The van der Waals surface area contributed by atoms with Crippen molar-refractivity contribution in [3.63, 3.8) is 0 Å². The number of carbonyl (C=O) groups excluding carboxylic acids is 1. The summed E-state index contributed by atoms with van der Waals surface area (Å²) in [5.74, 6) is -0.0492. The molecule has 1 aliphatic rings. The summed E-state index contributed by atoms with van der Waals surface area (Å²) in [7, 11) is 0. The molecule has 0 spiro atoms. The minimum Gasteiger partial charge on any atom is -0.346 e. The van der Waals surface area contributed by atoms with Crippen LogP contribution in [0.2, 0.25) is 0 Å². The number of likely N-dealkylation sites (N-methyl/N-ethyl adjacent to an activating group) is 1. The Kier molecular flexibility index (Phi) is 4.53. The van der Waals surface area contributed by atoms with Crippen molar-refractivity contribution in [3.8, 4) is 6.07 Å². The summed E-state index contributed by atoms with van der Waals surface area (Å²) in [6, 6.07) is 9.35. The number of hydrogen-bond donors (Lipinski definition) is 2. The number of nitrogens with zero attached hydrogens (tertiary/aromatic N) is 1. The molecule has 1 aromatic carbocycles. The molecule has 2 atom stereocenters. The molecule has 0 aromatic heterocycles. The highest BCUT2D eigenvalue weighted by molar-refractivity contribution is 5.94. The van der Waals surface area contributed by atoms with Gasteiger partial charge < -0.3 is 10.2 Å². The van der Waals surface area contributed by atoms with Gasteiger partial charge >= 0.3 is 0 Å².